The molecule has 2 amide bonds. The first-order valence-electron chi connectivity index (χ1n) is 10.6. The number of likely N-dealkylation sites (N-methyl/N-ethyl adjacent to an activating group) is 1. The third kappa shape index (κ3) is 3.98. The normalized spacial score (nSPS) is 21.3. The zero-order chi connectivity index (χ0) is 23.0. The van der Waals surface area contributed by atoms with Crippen LogP contribution in [0.3, 0.4) is 0 Å². The number of aliphatic hydroxyl groups is 1. The predicted molar refractivity (Wildman–Crippen MR) is 121 cm³/mol. The molecule has 0 spiro atoms. The van der Waals surface area contributed by atoms with Crippen molar-refractivity contribution < 1.29 is 14.7 Å². The smallest absolute Gasteiger partial charge is 0.270 e. The van der Waals surface area contributed by atoms with Crippen molar-refractivity contribution in [1.82, 2.24) is 25.1 Å². The number of nitrogens with zero attached hydrogens (tertiary/aromatic N) is 5. The Labute approximate surface area is 192 Å². The second kappa shape index (κ2) is 8.91. The Hall–Kier alpha value is -2.91. The van der Waals surface area contributed by atoms with E-state index in [1.165, 1.54) is 6.20 Å². The summed E-state index contributed by atoms with van der Waals surface area (Å²) in [6, 6.07) is 1.50. The fraction of sp³-hybridized carbons (Fsp3) is 0.455. The van der Waals surface area contributed by atoms with E-state index in [4.69, 9.17) is 16.7 Å². The quantitative estimate of drug-likeness (QED) is 0.620. The summed E-state index contributed by atoms with van der Waals surface area (Å²) in [5, 5.41) is 17.8. The molecule has 3 aliphatic heterocycles. The molecule has 4 heterocycles. The highest BCUT2D eigenvalue weighted by atomic mass is 35.5. The van der Waals surface area contributed by atoms with Gasteiger partial charge in [-0.2, -0.15) is 5.10 Å². The summed E-state index contributed by atoms with van der Waals surface area (Å²) in [5.41, 5.74) is 3.50. The van der Waals surface area contributed by atoms with Gasteiger partial charge in [-0.3, -0.25) is 14.6 Å². The number of alkyl halides is 1. The minimum atomic E-state index is -0.387. The molecule has 0 fully saturated rings. The lowest BCUT2D eigenvalue weighted by molar-refractivity contribution is 0.0734. The lowest BCUT2D eigenvalue weighted by atomic mass is 10.00. The van der Waals surface area contributed by atoms with E-state index in [0.29, 0.717) is 30.8 Å². The number of nitrogens with one attached hydrogen (secondary N) is 1. The number of fused-ring (bicyclic) bond motifs is 1. The summed E-state index contributed by atoms with van der Waals surface area (Å²) < 4.78 is 0. The molecule has 9 nitrogen and oxygen atoms in total. The van der Waals surface area contributed by atoms with Gasteiger partial charge < -0.3 is 20.2 Å². The fourth-order valence-corrected chi connectivity index (χ4v) is 4.64. The van der Waals surface area contributed by atoms with Gasteiger partial charge in [-0.05, 0) is 31.1 Å². The molecule has 0 bridgehead atoms. The molecule has 0 saturated heterocycles. The Kier molecular flexibility index (Phi) is 6.21. The van der Waals surface area contributed by atoms with Gasteiger partial charge in [-0.15, -0.1) is 11.6 Å². The third-order valence-electron chi connectivity index (χ3n) is 5.99. The minimum absolute atomic E-state index is 0.105. The summed E-state index contributed by atoms with van der Waals surface area (Å²) in [6.45, 7) is 5.60. The van der Waals surface area contributed by atoms with E-state index in [1.54, 1.807) is 17.2 Å². The molecule has 1 aromatic rings. The number of aliphatic hydroxyl groups excluding tert-OH is 1. The highest BCUT2D eigenvalue weighted by Gasteiger charge is 2.36. The molecule has 170 valence electrons. The summed E-state index contributed by atoms with van der Waals surface area (Å²) in [4.78, 5) is 33.7. The molecule has 2 unspecified atom stereocenters. The van der Waals surface area contributed by atoms with Crippen molar-refractivity contribution >= 4 is 29.6 Å². The number of hydrogen-bond donors (Lipinski definition) is 2. The van der Waals surface area contributed by atoms with Crippen molar-refractivity contribution in [3.8, 4) is 0 Å². The van der Waals surface area contributed by atoms with Crippen LogP contribution in [0.1, 0.15) is 40.3 Å². The molecule has 32 heavy (non-hydrogen) atoms. The van der Waals surface area contributed by atoms with Crippen LogP contribution >= 0.6 is 11.6 Å². The average Bonchev–Trinajstić information content (AvgIpc) is 3.34. The Morgan fingerprint density at radius 2 is 2.19 bits per heavy atom. The molecule has 2 N–H and O–H groups in total. The maximum Gasteiger partial charge on any atom is 0.270 e. The first kappa shape index (κ1) is 22.3. The molecule has 0 aromatic carbocycles. The van der Waals surface area contributed by atoms with Crippen molar-refractivity contribution in [2.75, 3.05) is 33.3 Å². The third-order valence-corrected chi connectivity index (χ3v) is 6.24. The van der Waals surface area contributed by atoms with E-state index in [-0.39, 0.29) is 42.1 Å². The highest BCUT2D eigenvalue weighted by molar-refractivity contribution is 6.28. The van der Waals surface area contributed by atoms with Crippen molar-refractivity contribution in [3.05, 3.63) is 52.1 Å². The number of carbonyl (C=O) groups is 2. The van der Waals surface area contributed by atoms with Crippen LogP contribution in [0.15, 0.2) is 40.4 Å². The Morgan fingerprint density at radius 1 is 1.41 bits per heavy atom. The number of rotatable bonds is 6. The summed E-state index contributed by atoms with van der Waals surface area (Å²) in [7, 11) is 2.00. The first-order valence-corrected chi connectivity index (χ1v) is 11.0. The molecule has 2 atom stereocenters. The van der Waals surface area contributed by atoms with Gasteiger partial charge in [-0.1, -0.05) is 6.08 Å². The summed E-state index contributed by atoms with van der Waals surface area (Å²) in [5.74, 6) is 0.502. The standard InChI is InChI=1S/C22H27ClN6O3/c1-13-8-15(10-27(3)21(13)29-11-16(23)9-26-29)14(2)28-12-18-17(22(28)32)4-5-24-19(18)20(31)25-6-7-30/h4-5,8-9,14,16,30H,6-7,10-12H2,1-3H3,(H,25,31). The number of allylic oxidation sites excluding steroid dienone is 2. The Bertz CT molecular complexity index is 1040. The van der Waals surface area contributed by atoms with Crippen LogP contribution in [0.5, 0.6) is 0 Å². The van der Waals surface area contributed by atoms with Gasteiger partial charge in [0.05, 0.1) is 24.6 Å². The number of carbonyl (C=O) groups excluding carboxylic acids is 2. The average molecular weight is 459 g/mol. The van der Waals surface area contributed by atoms with Crippen molar-refractivity contribution in [3.63, 3.8) is 0 Å². The van der Waals surface area contributed by atoms with Gasteiger partial charge in [0.2, 0.25) is 0 Å². The molecule has 1 aromatic heterocycles. The van der Waals surface area contributed by atoms with Crippen LogP contribution in [0, 0.1) is 0 Å². The first-order chi connectivity index (χ1) is 15.3. The Morgan fingerprint density at radius 3 is 2.84 bits per heavy atom. The second-order valence-corrected chi connectivity index (χ2v) is 8.78. The number of hydrazone groups is 1. The fourth-order valence-electron chi connectivity index (χ4n) is 4.46. The molecule has 10 heteroatoms. The van der Waals surface area contributed by atoms with E-state index in [9.17, 15) is 9.59 Å². The van der Waals surface area contributed by atoms with E-state index in [1.807, 2.05) is 25.9 Å². The lowest BCUT2D eigenvalue weighted by Crippen LogP contribution is -2.41. The van der Waals surface area contributed by atoms with Crippen LogP contribution < -0.4 is 5.32 Å². The van der Waals surface area contributed by atoms with Gasteiger partial charge in [0, 0.05) is 50.2 Å². The molecule has 0 radical (unpaired) electrons. The van der Waals surface area contributed by atoms with Gasteiger partial charge in [0.1, 0.15) is 11.5 Å². The van der Waals surface area contributed by atoms with E-state index in [0.717, 1.165) is 17.0 Å². The van der Waals surface area contributed by atoms with Crippen molar-refractivity contribution in [1.29, 1.82) is 0 Å². The maximum atomic E-state index is 13.2. The highest BCUT2D eigenvalue weighted by Crippen LogP contribution is 2.32. The molecular formula is C22H27ClN6O3. The molecule has 4 rings (SSSR count). The number of pyridine rings is 1. The van der Waals surface area contributed by atoms with Crippen LogP contribution in [-0.4, -0.2) is 87.6 Å². The maximum absolute atomic E-state index is 13.2. The van der Waals surface area contributed by atoms with E-state index in [2.05, 4.69) is 26.4 Å². The molecule has 0 saturated carbocycles. The predicted octanol–water partition coefficient (Wildman–Crippen LogP) is 1.16. The van der Waals surface area contributed by atoms with Crippen molar-refractivity contribution in [2.45, 2.75) is 31.8 Å². The molecule has 0 aliphatic carbocycles. The zero-order valence-corrected chi connectivity index (χ0v) is 19.1. The molecular weight excluding hydrogens is 432 g/mol. The topological polar surface area (TPSA) is 101 Å². The number of aromatic nitrogens is 1. The van der Waals surface area contributed by atoms with Crippen LogP contribution in [0.25, 0.3) is 0 Å². The largest absolute Gasteiger partial charge is 0.395 e. The SMILES string of the molecule is CC1=C(N2CC(Cl)C=N2)N(C)CC(C(C)N2Cc3c(ccnc3C(=O)NCCO)C2=O)=C1. The monoisotopic (exact) mass is 458 g/mol. The number of halogens is 1. The van der Waals surface area contributed by atoms with E-state index < -0.39 is 0 Å². The van der Waals surface area contributed by atoms with Crippen LogP contribution in [0.2, 0.25) is 0 Å². The van der Waals surface area contributed by atoms with Gasteiger partial charge in [0.25, 0.3) is 11.8 Å². The second-order valence-electron chi connectivity index (χ2n) is 8.22. The zero-order valence-electron chi connectivity index (χ0n) is 18.4. The minimum Gasteiger partial charge on any atom is -0.395 e. The van der Waals surface area contributed by atoms with Gasteiger partial charge >= 0.3 is 0 Å². The Balaban J connectivity index is 1.57. The van der Waals surface area contributed by atoms with Gasteiger partial charge in [0.15, 0.2) is 0 Å². The van der Waals surface area contributed by atoms with Crippen LogP contribution in [0.4, 0.5) is 0 Å². The lowest BCUT2D eigenvalue weighted by Gasteiger charge is -2.37. The summed E-state index contributed by atoms with van der Waals surface area (Å²) in [6.07, 6.45) is 5.33. The number of hydrogen-bond acceptors (Lipinski definition) is 7. The molecule has 3 aliphatic rings. The number of amides is 2. The summed E-state index contributed by atoms with van der Waals surface area (Å²) >= 11 is 6.17. The van der Waals surface area contributed by atoms with Crippen molar-refractivity contribution in [2.24, 2.45) is 5.10 Å². The van der Waals surface area contributed by atoms with Gasteiger partial charge in [-0.25, -0.2) is 5.01 Å². The van der Waals surface area contributed by atoms with E-state index >= 15 is 0 Å². The van der Waals surface area contributed by atoms with Crippen LogP contribution in [-0.2, 0) is 6.54 Å².